The van der Waals surface area contributed by atoms with Gasteiger partial charge in [-0.05, 0) is 43.7 Å². The summed E-state index contributed by atoms with van der Waals surface area (Å²) >= 11 is 0. The molecule has 4 nitrogen and oxygen atoms in total. The van der Waals surface area contributed by atoms with Crippen LogP contribution in [0.25, 0.3) is 0 Å². The first-order valence-electron chi connectivity index (χ1n) is 7.21. The number of nitrogens with zero attached hydrogens (tertiary/aromatic N) is 2. The molecule has 1 aromatic carbocycles. The molecule has 0 aliphatic heterocycles. The van der Waals surface area contributed by atoms with Gasteiger partial charge in [0.15, 0.2) is 0 Å². The molecule has 1 aromatic heterocycles. The largest absolute Gasteiger partial charge is 0.370 e. The molecule has 1 heterocycles. The molecule has 0 bridgehead atoms. The molecule has 0 aliphatic carbocycles. The lowest BCUT2D eigenvalue weighted by molar-refractivity contribution is 0.0949. The van der Waals surface area contributed by atoms with E-state index in [-0.39, 0.29) is 5.91 Å². The Kier molecular flexibility index (Phi) is 5.32. The third-order valence-electron chi connectivity index (χ3n) is 3.31. The van der Waals surface area contributed by atoms with E-state index < -0.39 is 0 Å². The number of nitrogens with one attached hydrogen (secondary N) is 1. The molecule has 110 valence electrons. The zero-order valence-electron chi connectivity index (χ0n) is 12.5. The van der Waals surface area contributed by atoms with Gasteiger partial charge in [-0.2, -0.15) is 0 Å². The number of pyridine rings is 1. The summed E-state index contributed by atoms with van der Waals surface area (Å²) < 4.78 is 0. The lowest BCUT2D eigenvalue weighted by atomic mass is 10.2. The van der Waals surface area contributed by atoms with Crippen LogP contribution in [0.15, 0.2) is 48.7 Å². The quantitative estimate of drug-likeness (QED) is 0.886. The maximum atomic E-state index is 11.9. The first kappa shape index (κ1) is 15.0. The molecule has 1 amide bonds. The van der Waals surface area contributed by atoms with Gasteiger partial charge in [-0.1, -0.05) is 18.2 Å². The first-order valence-corrected chi connectivity index (χ1v) is 7.21. The SMILES string of the molecule is CCN(CCNC(=O)c1ccccn1)c1cccc(C)c1. The van der Waals surface area contributed by atoms with Gasteiger partial charge in [0.1, 0.15) is 5.69 Å². The Morgan fingerprint density at radius 1 is 1.24 bits per heavy atom. The van der Waals surface area contributed by atoms with Crippen molar-refractivity contribution in [3.05, 3.63) is 59.9 Å². The van der Waals surface area contributed by atoms with E-state index in [1.807, 2.05) is 6.07 Å². The smallest absolute Gasteiger partial charge is 0.269 e. The minimum atomic E-state index is -0.129. The average Bonchev–Trinajstić information content (AvgIpc) is 2.52. The van der Waals surface area contributed by atoms with E-state index in [4.69, 9.17) is 0 Å². The Bertz CT molecular complexity index is 584. The summed E-state index contributed by atoms with van der Waals surface area (Å²) in [5.74, 6) is -0.129. The zero-order chi connectivity index (χ0) is 15.1. The molecule has 0 unspecified atom stereocenters. The summed E-state index contributed by atoms with van der Waals surface area (Å²) in [6.45, 7) is 6.47. The summed E-state index contributed by atoms with van der Waals surface area (Å²) in [4.78, 5) is 18.2. The van der Waals surface area contributed by atoms with Crippen molar-refractivity contribution in [3.63, 3.8) is 0 Å². The first-order chi connectivity index (χ1) is 10.2. The number of benzene rings is 1. The van der Waals surface area contributed by atoms with E-state index in [1.165, 1.54) is 11.3 Å². The van der Waals surface area contributed by atoms with Crippen molar-refractivity contribution in [1.82, 2.24) is 10.3 Å². The van der Waals surface area contributed by atoms with E-state index in [1.54, 1.807) is 18.3 Å². The second-order valence-electron chi connectivity index (χ2n) is 4.89. The molecule has 0 saturated heterocycles. The standard InChI is InChI=1S/C17H21N3O/c1-3-20(15-8-6-7-14(2)13-15)12-11-19-17(21)16-9-4-5-10-18-16/h4-10,13H,3,11-12H2,1-2H3,(H,19,21). The predicted octanol–water partition coefficient (Wildman–Crippen LogP) is 2.65. The Balaban J connectivity index is 1.88. The monoisotopic (exact) mass is 283 g/mol. The number of likely N-dealkylation sites (N-methyl/N-ethyl adjacent to an activating group) is 1. The van der Waals surface area contributed by atoms with Crippen molar-refractivity contribution < 1.29 is 4.79 Å². The topological polar surface area (TPSA) is 45.2 Å². The van der Waals surface area contributed by atoms with Crippen LogP contribution in [0, 0.1) is 6.92 Å². The highest BCUT2D eigenvalue weighted by atomic mass is 16.1. The van der Waals surface area contributed by atoms with Crippen LogP contribution < -0.4 is 10.2 Å². The van der Waals surface area contributed by atoms with Crippen LogP contribution >= 0.6 is 0 Å². The van der Waals surface area contributed by atoms with Gasteiger partial charge in [-0.15, -0.1) is 0 Å². The molecule has 0 saturated carbocycles. The van der Waals surface area contributed by atoms with Crippen molar-refractivity contribution in [1.29, 1.82) is 0 Å². The number of carbonyl (C=O) groups excluding carboxylic acids is 1. The summed E-state index contributed by atoms with van der Waals surface area (Å²) in [5.41, 5.74) is 2.88. The molecule has 2 rings (SSSR count). The van der Waals surface area contributed by atoms with Gasteiger partial charge in [0.2, 0.25) is 0 Å². The molecule has 1 N–H and O–H groups in total. The fourth-order valence-electron chi connectivity index (χ4n) is 2.19. The number of aryl methyl sites for hydroxylation is 1. The molecule has 0 radical (unpaired) electrons. The fourth-order valence-corrected chi connectivity index (χ4v) is 2.19. The molecular weight excluding hydrogens is 262 g/mol. The van der Waals surface area contributed by atoms with Gasteiger partial charge in [-0.25, -0.2) is 0 Å². The number of hydrogen-bond acceptors (Lipinski definition) is 3. The second-order valence-corrected chi connectivity index (χ2v) is 4.89. The van der Waals surface area contributed by atoms with Crippen LogP contribution in [0.5, 0.6) is 0 Å². The van der Waals surface area contributed by atoms with Crippen molar-refractivity contribution >= 4 is 11.6 Å². The Morgan fingerprint density at radius 3 is 2.76 bits per heavy atom. The normalized spacial score (nSPS) is 10.2. The lowest BCUT2D eigenvalue weighted by Gasteiger charge is -2.23. The summed E-state index contributed by atoms with van der Waals surface area (Å²) in [6, 6.07) is 13.7. The number of aromatic nitrogens is 1. The van der Waals surface area contributed by atoms with Gasteiger partial charge in [-0.3, -0.25) is 9.78 Å². The minimum Gasteiger partial charge on any atom is -0.370 e. The third-order valence-corrected chi connectivity index (χ3v) is 3.31. The van der Waals surface area contributed by atoms with Crippen molar-refractivity contribution in [3.8, 4) is 0 Å². The van der Waals surface area contributed by atoms with Crippen LogP contribution in [0.1, 0.15) is 23.0 Å². The molecule has 4 heteroatoms. The highest BCUT2D eigenvalue weighted by Gasteiger charge is 2.07. The number of carbonyl (C=O) groups is 1. The molecule has 2 aromatic rings. The van der Waals surface area contributed by atoms with Gasteiger partial charge >= 0.3 is 0 Å². The molecular formula is C17H21N3O. The van der Waals surface area contributed by atoms with Gasteiger partial charge in [0.25, 0.3) is 5.91 Å². The maximum absolute atomic E-state index is 11.9. The van der Waals surface area contributed by atoms with Gasteiger partial charge in [0, 0.05) is 31.5 Å². The van der Waals surface area contributed by atoms with E-state index in [0.29, 0.717) is 12.2 Å². The lowest BCUT2D eigenvalue weighted by Crippen LogP contribution is -2.35. The van der Waals surface area contributed by atoms with Gasteiger partial charge in [0.05, 0.1) is 0 Å². The maximum Gasteiger partial charge on any atom is 0.269 e. The number of anilines is 1. The Labute approximate surface area is 125 Å². The predicted molar refractivity (Wildman–Crippen MR) is 85.6 cm³/mol. The molecule has 0 fully saturated rings. The van der Waals surface area contributed by atoms with Crippen molar-refractivity contribution in [2.45, 2.75) is 13.8 Å². The molecule has 21 heavy (non-hydrogen) atoms. The molecule has 0 spiro atoms. The second kappa shape index (κ2) is 7.43. The summed E-state index contributed by atoms with van der Waals surface area (Å²) in [7, 11) is 0. The van der Waals surface area contributed by atoms with Crippen LogP contribution in [0.3, 0.4) is 0 Å². The Morgan fingerprint density at radius 2 is 2.10 bits per heavy atom. The number of amides is 1. The van der Waals surface area contributed by atoms with Crippen LogP contribution in [-0.2, 0) is 0 Å². The Hall–Kier alpha value is -2.36. The summed E-state index contributed by atoms with van der Waals surface area (Å²) in [6.07, 6.45) is 1.63. The fraction of sp³-hybridized carbons (Fsp3) is 0.294. The highest BCUT2D eigenvalue weighted by molar-refractivity contribution is 5.92. The van der Waals surface area contributed by atoms with E-state index in [2.05, 4.69) is 53.3 Å². The van der Waals surface area contributed by atoms with Crippen molar-refractivity contribution in [2.75, 3.05) is 24.5 Å². The van der Waals surface area contributed by atoms with E-state index in [9.17, 15) is 4.79 Å². The number of hydrogen-bond donors (Lipinski definition) is 1. The number of rotatable bonds is 6. The minimum absolute atomic E-state index is 0.129. The van der Waals surface area contributed by atoms with E-state index >= 15 is 0 Å². The third kappa shape index (κ3) is 4.31. The van der Waals surface area contributed by atoms with Gasteiger partial charge < -0.3 is 10.2 Å². The van der Waals surface area contributed by atoms with Crippen LogP contribution in [0.4, 0.5) is 5.69 Å². The van der Waals surface area contributed by atoms with Crippen LogP contribution in [0.2, 0.25) is 0 Å². The zero-order valence-corrected chi connectivity index (χ0v) is 12.5. The molecule has 0 atom stereocenters. The van der Waals surface area contributed by atoms with Crippen molar-refractivity contribution in [2.24, 2.45) is 0 Å². The highest BCUT2D eigenvalue weighted by Crippen LogP contribution is 2.14. The van der Waals surface area contributed by atoms with E-state index in [0.717, 1.165) is 13.1 Å². The average molecular weight is 283 g/mol. The molecule has 0 aliphatic rings. The summed E-state index contributed by atoms with van der Waals surface area (Å²) in [5, 5.41) is 2.91. The van der Waals surface area contributed by atoms with Crippen LogP contribution in [-0.4, -0.2) is 30.5 Å².